The second kappa shape index (κ2) is 7.72. The molecule has 0 fully saturated rings. The molecule has 0 saturated carbocycles. The highest BCUT2D eigenvalue weighted by atomic mass is 16.3. The van der Waals surface area contributed by atoms with Crippen molar-refractivity contribution < 1.29 is 4.42 Å². The normalized spacial score (nSPS) is 13.0. The minimum Gasteiger partial charge on any atom is -0.456 e. The molecule has 0 radical (unpaired) electrons. The quantitative estimate of drug-likeness (QED) is 0.232. The van der Waals surface area contributed by atoms with Gasteiger partial charge in [-0.2, -0.15) is 0 Å². The van der Waals surface area contributed by atoms with E-state index < -0.39 is 0 Å². The maximum absolute atomic E-state index is 6.12. The molecule has 1 aliphatic rings. The van der Waals surface area contributed by atoms with Crippen molar-refractivity contribution in [2.45, 2.75) is 5.92 Å². The first-order chi connectivity index (χ1) is 19.3. The zero-order valence-electron chi connectivity index (χ0n) is 21.1. The van der Waals surface area contributed by atoms with Gasteiger partial charge in [-0.05, 0) is 70.3 Å². The van der Waals surface area contributed by atoms with Crippen LogP contribution < -0.4 is 0 Å². The summed E-state index contributed by atoms with van der Waals surface area (Å²) in [5, 5.41) is 4.84. The summed E-state index contributed by atoms with van der Waals surface area (Å²) in [6, 6.07) is 48.4. The van der Waals surface area contributed by atoms with Crippen molar-refractivity contribution in [3.8, 4) is 16.8 Å². The maximum Gasteiger partial charge on any atom is 0.135 e. The van der Waals surface area contributed by atoms with E-state index in [0.717, 1.165) is 27.6 Å². The van der Waals surface area contributed by atoms with E-state index in [2.05, 4.69) is 126 Å². The number of hydrogen-bond acceptors (Lipinski definition) is 1. The lowest BCUT2D eigenvalue weighted by Crippen LogP contribution is -1.99. The van der Waals surface area contributed by atoms with Gasteiger partial charge >= 0.3 is 0 Å². The molecule has 6 aromatic carbocycles. The number of nitrogens with zero attached hydrogens (tertiary/aromatic N) is 1. The largest absolute Gasteiger partial charge is 0.456 e. The third-order valence-electron chi connectivity index (χ3n) is 8.48. The van der Waals surface area contributed by atoms with E-state index in [-0.39, 0.29) is 5.92 Å². The first-order valence-corrected chi connectivity index (χ1v) is 13.5. The lowest BCUT2D eigenvalue weighted by molar-refractivity contribution is 0.669. The Morgan fingerprint density at radius 1 is 0.462 bits per heavy atom. The Hall–Kier alpha value is -5.08. The number of fused-ring (bicyclic) bond motifs is 9. The van der Waals surface area contributed by atoms with Crippen LogP contribution in [0.2, 0.25) is 0 Å². The fourth-order valence-corrected chi connectivity index (χ4v) is 6.82. The molecule has 9 rings (SSSR count). The van der Waals surface area contributed by atoms with Gasteiger partial charge in [0.2, 0.25) is 0 Å². The Bertz CT molecular complexity index is 2200. The van der Waals surface area contributed by atoms with E-state index >= 15 is 0 Å². The first kappa shape index (κ1) is 20.9. The van der Waals surface area contributed by atoms with Crippen molar-refractivity contribution in [3.05, 3.63) is 150 Å². The molecular weight excluding hydrogens is 474 g/mol. The second-order valence-electron chi connectivity index (χ2n) is 10.5. The van der Waals surface area contributed by atoms with Crippen LogP contribution in [-0.2, 0) is 0 Å². The third kappa shape index (κ3) is 2.86. The molecule has 2 aromatic heterocycles. The molecule has 0 atom stereocenters. The van der Waals surface area contributed by atoms with E-state index in [1.807, 2.05) is 12.1 Å². The van der Waals surface area contributed by atoms with Crippen LogP contribution in [0.25, 0.3) is 60.6 Å². The van der Waals surface area contributed by atoms with Gasteiger partial charge in [0.25, 0.3) is 0 Å². The van der Waals surface area contributed by atoms with E-state index in [9.17, 15) is 0 Å². The summed E-state index contributed by atoms with van der Waals surface area (Å²) in [7, 11) is 0. The third-order valence-corrected chi connectivity index (χ3v) is 8.48. The fourth-order valence-electron chi connectivity index (χ4n) is 6.82. The maximum atomic E-state index is 6.12. The van der Waals surface area contributed by atoms with Gasteiger partial charge in [0, 0.05) is 33.2 Å². The Morgan fingerprint density at radius 3 is 1.92 bits per heavy atom. The van der Waals surface area contributed by atoms with Gasteiger partial charge in [-0.25, -0.2) is 0 Å². The fraction of sp³-hybridized carbons (Fsp3) is 0.0270. The molecule has 0 amide bonds. The van der Waals surface area contributed by atoms with Gasteiger partial charge in [-0.15, -0.1) is 0 Å². The first-order valence-electron chi connectivity index (χ1n) is 13.5. The summed E-state index contributed by atoms with van der Waals surface area (Å²) in [6.07, 6.45) is 0. The molecule has 0 bridgehead atoms. The zero-order chi connectivity index (χ0) is 25.5. The topological polar surface area (TPSA) is 18.1 Å². The Labute approximate surface area is 225 Å². The van der Waals surface area contributed by atoms with Crippen molar-refractivity contribution in [2.24, 2.45) is 0 Å². The molecule has 8 aromatic rings. The predicted octanol–water partition coefficient (Wildman–Crippen LogP) is 9.84. The number of rotatable bonds is 2. The summed E-state index contributed by atoms with van der Waals surface area (Å²) in [5.74, 6) is 0.234. The van der Waals surface area contributed by atoms with Crippen LogP contribution in [0, 0.1) is 0 Å². The van der Waals surface area contributed by atoms with Crippen molar-refractivity contribution in [1.82, 2.24) is 4.57 Å². The van der Waals surface area contributed by atoms with Crippen molar-refractivity contribution in [1.29, 1.82) is 0 Å². The summed E-state index contributed by atoms with van der Waals surface area (Å²) in [6.45, 7) is 0. The number of para-hydroxylation sites is 2. The van der Waals surface area contributed by atoms with Gasteiger partial charge in [-0.3, -0.25) is 0 Å². The molecule has 0 aliphatic heterocycles. The number of aromatic nitrogens is 1. The highest BCUT2D eigenvalue weighted by molar-refractivity contribution is 6.11. The zero-order valence-corrected chi connectivity index (χ0v) is 21.1. The predicted molar refractivity (Wildman–Crippen MR) is 161 cm³/mol. The Balaban J connectivity index is 1.30. The molecule has 0 saturated heterocycles. The number of benzene rings is 6. The summed E-state index contributed by atoms with van der Waals surface area (Å²) in [4.78, 5) is 0. The van der Waals surface area contributed by atoms with Gasteiger partial charge in [0.05, 0.1) is 11.0 Å². The lowest BCUT2D eigenvalue weighted by Gasteiger charge is -2.15. The van der Waals surface area contributed by atoms with Crippen molar-refractivity contribution in [2.75, 3.05) is 0 Å². The van der Waals surface area contributed by atoms with E-state index in [1.54, 1.807) is 0 Å². The minimum atomic E-state index is 0.234. The van der Waals surface area contributed by atoms with Crippen LogP contribution in [0.4, 0.5) is 0 Å². The van der Waals surface area contributed by atoms with E-state index in [1.165, 1.54) is 49.6 Å². The van der Waals surface area contributed by atoms with Crippen LogP contribution in [0.3, 0.4) is 0 Å². The lowest BCUT2D eigenvalue weighted by atomic mass is 9.88. The van der Waals surface area contributed by atoms with Gasteiger partial charge in [0.15, 0.2) is 0 Å². The highest BCUT2D eigenvalue weighted by Gasteiger charge is 2.29. The van der Waals surface area contributed by atoms with E-state index in [0.29, 0.717) is 0 Å². The Morgan fingerprint density at radius 2 is 1.10 bits per heavy atom. The highest BCUT2D eigenvalue weighted by Crippen LogP contribution is 2.48. The molecular formula is C37H23NO. The molecule has 2 heterocycles. The van der Waals surface area contributed by atoms with Gasteiger partial charge in [-0.1, -0.05) is 91.0 Å². The average molecular weight is 498 g/mol. The number of hydrogen-bond donors (Lipinski definition) is 0. The van der Waals surface area contributed by atoms with Crippen molar-refractivity contribution in [3.63, 3.8) is 0 Å². The Kier molecular flexibility index (Phi) is 4.14. The monoisotopic (exact) mass is 497 g/mol. The smallest absolute Gasteiger partial charge is 0.135 e. The van der Waals surface area contributed by atoms with Crippen LogP contribution in [0.5, 0.6) is 0 Å². The standard InChI is InChI=1S/C37H23NO/c1-3-13-29-25(9-1)26-10-2-4-14-30(26)37(29)23-17-19-34-31(21-23)27-11-5-7-15-33(27)38(34)24-18-20-36-32(22-24)28-12-6-8-16-35(28)39-36/h1-22,37H. The van der Waals surface area contributed by atoms with E-state index in [4.69, 9.17) is 4.42 Å². The molecule has 1 aliphatic carbocycles. The van der Waals surface area contributed by atoms with Crippen molar-refractivity contribution >= 4 is 43.7 Å². The van der Waals surface area contributed by atoms with Crippen LogP contribution in [0.15, 0.2) is 138 Å². The molecule has 0 unspecified atom stereocenters. The summed E-state index contributed by atoms with van der Waals surface area (Å²) in [5.41, 5.74) is 12.2. The van der Waals surface area contributed by atoms with Gasteiger partial charge < -0.3 is 8.98 Å². The summed E-state index contributed by atoms with van der Waals surface area (Å²) >= 11 is 0. The number of furan rings is 1. The van der Waals surface area contributed by atoms with Crippen LogP contribution in [-0.4, -0.2) is 4.57 Å². The summed E-state index contributed by atoms with van der Waals surface area (Å²) < 4.78 is 8.52. The molecule has 2 heteroatoms. The molecule has 182 valence electrons. The average Bonchev–Trinajstić information content (AvgIpc) is 3.64. The second-order valence-corrected chi connectivity index (χ2v) is 10.5. The minimum absolute atomic E-state index is 0.234. The van der Waals surface area contributed by atoms with Crippen LogP contribution in [0.1, 0.15) is 22.6 Å². The SMILES string of the molecule is c1ccc2c(c1)-c1ccccc1C2c1ccc2c(c1)c1ccccc1n2-c1ccc2oc3ccccc3c2c1. The molecule has 39 heavy (non-hydrogen) atoms. The van der Waals surface area contributed by atoms with Crippen LogP contribution >= 0.6 is 0 Å². The molecule has 2 nitrogen and oxygen atoms in total. The molecule has 0 spiro atoms. The molecule has 0 N–H and O–H groups in total. The van der Waals surface area contributed by atoms with Gasteiger partial charge in [0.1, 0.15) is 11.2 Å².